The van der Waals surface area contributed by atoms with Gasteiger partial charge < -0.3 is 4.90 Å². The van der Waals surface area contributed by atoms with Crippen molar-refractivity contribution >= 4 is 33.3 Å². The van der Waals surface area contributed by atoms with E-state index < -0.39 is 0 Å². The summed E-state index contributed by atoms with van der Waals surface area (Å²) in [4.78, 5) is 26.0. The van der Waals surface area contributed by atoms with Crippen LogP contribution in [0.25, 0.3) is 0 Å². The van der Waals surface area contributed by atoms with E-state index in [1.54, 1.807) is 18.0 Å². The van der Waals surface area contributed by atoms with Crippen molar-refractivity contribution in [3.8, 4) is 0 Å². The van der Waals surface area contributed by atoms with E-state index in [9.17, 15) is 9.59 Å². The molecule has 0 fully saturated rings. The van der Waals surface area contributed by atoms with Crippen molar-refractivity contribution in [1.82, 2.24) is 0 Å². The van der Waals surface area contributed by atoms with Crippen molar-refractivity contribution < 1.29 is 9.59 Å². The minimum absolute atomic E-state index is 0.0152. The number of amides is 1. The largest absolute Gasteiger partial charge is 0.315 e. The molecule has 3 nitrogen and oxygen atoms in total. The number of halogens is 1. The van der Waals surface area contributed by atoms with Crippen LogP contribution in [0.15, 0.2) is 40.9 Å². The number of nitrogens with zero attached hydrogens (tertiary/aromatic N) is 1. The van der Waals surface area contributed by atoms with Gasteiger partial charge in [0.05, 0.1) is 6.42 Å². The van der Waals surface area contributed by atoms with Gasteiger partial charge in [0.2, 0.25) is 5.91 Å². The van der Waals surface area contributed by atoms with Gasteiger partial charge >= 0.3 is 0 Å². The third-order valence-corrected chi connectivity index (χ3v) is 4.36. The predicted molar refractivity (Wildman–Crippen MR) is 85.9 cm³/mol. The molecule has 0 aliphatic carbocycles. The lowest BCUT2D eigenvalue weighted by atomic mass is 9.97. The van der Waals surface area contributed by atoms with Gasteiger partial charge in [0.15, 0.2) is 5.78 Å². The van der Waals surface area contributed by atoms with Gasteiger partial charge in [-0.15, -0.1) is 0 Å². The molecule has 0 bridgehead atoms. The number of benzene rings is 2. The molecule has 1 heterocycles. The van der Waals surface area contributed by atoms with Gasteiger partial charge in [-0.25, -0.2) is 0 Å². The highest BCUT2D eigenvalue weighted by Gasteiger charge is 2.25. The lowest BCUT2D eigenvalue weighted by molar-refractivity contribution is -0.117. The smallest absolute Gasteiger partial charge is 0.231 e. The fourth-order valence-corrected chi connectivity index (χ4v) is 2.97. The molecule has 1 amide bonds. The minimum Gasteiger partial charge on any atom is -0.315 e. The van der Waals surface area contributed by atoms with Gasteiger partial charge in [-0.3, -0.25) is 9.59 Å². The molecular weight excluding hydrogens is 330 g/mol. The number of aryl methyl sites for hydroxylation is 1. The van der Waals surface area contributed by atoms with Gasteiger partial charge in [-0.2, -0.15) is 0 Å². The Morgan fingerprint density at radius 2 is 1.95 bits per heavy atom. The van der Waals surface area contributed by atoms with Crippen molar-refractivity contribution in [2.24, 2.45) is 0 Å². The SMILES string of the molecule is Cc1ccc(Br)cc1C(=O)c1ccc2c(c1)CC(=O)N2C. The maximum atomic E-state index is 12.7. The Morgan fingerprint density at radius 3 is 2.71 bits per heavy atom. The first-order valence-electron chi connectivity index (χ1n) is 6.67. The molecule has 1 aliphatic heterocycles. The molecule has 0 saturated heterocycles. The first kappa shape index (κ1) is 14.0. The number of fused-ring (bicyclic) bond motifs is 1. The number of anilines is 1. The Labute approximate surface area is 131 Å². The molecule has 4 heteroatoms. The maximum absolute atomic E-state index is 12.7. The van der Waals surface area contributed by atoms with Crippen molar-refractivity contribution in [1.29, 1.82) is 0 Å². The summed E-state index contributed by atoms with van der Waals surface area (Å²) < 4.78 is 0.882. The molecule has 21 heavy (non-hydrogen) atoms. The van der Waals surface area contributed by atoms with E-state index in [1.807, 2.05) is 37.3 Å². The molecule has 0 saturated carbocycles. The van der Waals surface area contributed by atoms with E-state index in [0.717, 1.165) is 21.3 Å². The summed E-state index contributed by atoms with van der Waals surface area (Å²) in [5, 5.41) is 0. The zero-order valence-electron chi connectivity index (χ0n) is 11.8. The van der Waals surface area contributed by atoms with Gasteiger partial charge in [-0.05, 0) is 48.4 Å². The predicted octanol–water partition coefficient (Wildman–Crippen LogP) is 3.51. The van der Waals surface area contributed by atoms with Crippen LogP contribution >= 0.6 is 15.9 Å². The van der Waals surface area contributed by atoms with E-state index in [1.165, 1.54) is 0 Å². The van der Waals surface area contributed by atoms with Crippen LogP contribution in [0.2, 0.25) is 0 Å². The summed E-state index contributed by atoms with van der Waals surface area (Å²) in [6.07, 6.45) is 0.365. The average molecular weight is 344 g/mol. The Balaban J connectivity index is 2.02. The summed E-state index contributed by atoms with van der Waals surface area (Å²) in [6.45, 7) is 1.92. The van der Waals surface area contributed by atoms with Crippen LogP contribution in [-0.4, -0.2) is 18.7 Å². The summed E-state index contributed by atoms with van der Waals surface area (Å²) in [5.74, 6) is 0.0480. The highest BCUT2D eigenvalue weighted by molar-refractivity contribution is 9.10. The van der Waals surface area contributed by atoms with E-state index in [0.29, 0.717) is 17.5 Å². The Hall–Kier alpha value is -1.94. The molecule has 1 aliphatic rings. The van der Waals surface area contributed by atoms with Crippen LogP contribution in [0.3, 0.4) is 0 Å². The molecule has 0 spiro atoms. The average Bonchev–Trinajstić information content (AvgIpc) is 2.75. The Kier molecular flexibility index (Phi) is 3.41. The molecule has 106 valence electrons. The fourth-order valence-electron chi connectivity index (χ4n) is 2.61. The zero-order chi connectivity index (χ0) is 15.1. The summed E-state index contributed by atoms with van der Waals surface area (Å²) >= 11 is 3.40. The number of likely N-dealkylation sites (N-methyl/N-ethyl adjacent to an activating group) is 1. The van der Waals surface area contributed by atoms with Crippen LogP contribution < -0.4 is 4.90 Å². The van der Waals surface area contributed by atoms with Crippen LogP contribution in [0.5, 0.6) is 0 Å². The van der Waals surface area contributed by atoms with Crippen molar-refractivity contribution in [3.63, 3.8) is 0 Å². The Morgan fingerprint density at radius 1 is 1.19 bits per heavy atom. The first-order valence-corrected chi connectivity index (χ1v) is 7.47. The van der Waals surface area contributed by atoms with Gasteiger partial charge in [0, 0.05) is 28.3 Å². The van der Waals surface area contributed by atoms with Crippen molar-refractivity contribution in [2.75, 3.05) is 11.9 Å². The number of carbonyl (C=O) groups is 2. The second-order valence-corrected chi connectivity index (χ2v) is 6.18. The fraction of sp³-hybridized carbons (Fsp3) is 0.176. The normalized spacial score (nSPS) is 13.5. The van der Waals surface area contributed by atoms with Crippen molar-refractivity contribution in [3.05, 3.63) is 63.1 Å². The molecule has 0 atom stereocenters. The second-order valence-electron chi connectivity index (χ2n) is 5.26. The summed E-state index contributed by atoms with van der Waals surface area (Å²) in [7, 11) is 1.76. The maximum Gasteiger partial charge on any atom is 0.231 e. The quantitative estimate of drug-likeness (QED) is 0.782. The molecule has 0 radical (unpaired) electrons. The monoisotopic (exact) mass is 343 g/mol. The van der Waals surface area contributed by atoms with E-state index in [2.05, 4.69) is 15.9 Å². The minimum atomic E-state index is -0.0152. The number of hydrogen-bond acceptors (Lipinski definition) is 2. The molecular formula is C17H14BrNO2. The molecule has 0 N–H and O–H groups in total. The van der Waals surface area contributed by atoms with Crippen LogP contribution in [-0.2, 0) is 11.2 Å². The highest BCUT2D eigenvalue weighted by Crippen LogP contribution is 2.29. The van der Waals surface area contributed by atoms with E-state index in [4.69, 9.17) is 0 Å². The standard InChI is InChI=1S/C17H14BrNO2/c1-10-3-5-13(18)9-14(10)17(21)11-4-6-15-12(7-11)8-16(20)19(15)2/h3-7,9H,8H2,1-2H3. The highest BCUT2D eigenvalue weighted by atomic mass is 79.9. The summed E-state index contributed by atoms with van der Waals surface area (Å²) in [5.41, 5.74) is 4.06. The topological polar surface area (TPSA) is 37.4 Å². The zero-order valence-corrected chi connectivity index (χ0v) is 13.4. The Bertz CT molecular complexity index is 767. The van der Waals surface area contributed by atoms with Crippen LogP contribution in [0.4, 0.5) is 5.69 Å². The lowest BCUT2D eigenvalue weighted by Crippen LogP contribution is -2.20. The van der Waals surface area contributed by atoms with E-state index >= 15 is 0 Å². The van der Waals surface area contributed by atoms with Gasteiger partial charge in [-0.1, -0.05) is 22.0 Å². The van der Waals surface area contributed by atoms with Crippen molar-refractivity contribution in [2.45, 2.75) is 13.3 Å². The number of rotatable bonds is 2. The van der Waals surface area contributed by atoms with Gasteiger partial charge in [0.25, 0.3) is 0 Å². The second kappa shape index (κ2) is 5.11. The van der Waals surface area contributed by atoms with Gasteiger partial charge in [0.1, 0.15) is 0 Å². The molecule has 0 unspecified atom stereocenters. The number of ketones is 1. The third-order valence-electron chi connectivity index (χ3n) is 3.86. The first-order chi connectivity index (χ1) is 9.97. The molecule has 2 aromatic carbocycles. The van der Waals surface area contributed by atoms with Crippen LogP contribution in [0, 0.1) is 6.92 Å². The third kappa shape index (κ3) is 2.40. The molecule has 2 aromatic rings. The molecule has 3 rings (SSSR count). The number of hydrogen-bond donors (Lipinski definition) is 0. The lowest BCUT2D eigenvalue weighted by Gasteiger charge is -2.11. The summed E-state index contributed by atoms with van der Waals surface area (Å²) in [6, 6.07) is 11.1. The van der Waals surface area contributed by atoms with E-state index in [-0.39, 0.29) is 11.7 Å². The van der Waals surface area contributed by atoms with Crippen LogP contribution in [0.1, 0.15) is 27.0 Å². The molecule has 0 aromatic heterocycles. The number of carbonyl (C=O) groups excluding carboxylic acids is 2.